The SMILES string of the molecule is CCOCc1c(C(=O)N2CCN(c3ccccc3)CC2)oc2ccccc12. The number of para-hydroxylation sites is 2. The van der Waals surface area contributed by atoms with Gasteiger partial charge in [0.2, 0.25) is 0 Å². The first kappa shape index (κ1) is 17.6. The summed E-state index contributed by atoms with van der Waals surface area (Å²) in [5.41, 5.74) is 2.78. The summed E-state index contributed by atoms with van der Waals surface area (Å²) in [5.74, 6) is 0.367. The van der Waals surface area contributed by atoms with E-state index >= 15 is 0 Å². The van der Waals surface area contributed by atoms with Crippen LogP contribution in [0.4, 0.5) is 5.69 Å². The molecule has 0 saturated carbocycles. The van der Waals surface area contributed by atoms with Gasteiger partial charge in [-0.1, -0.05) is 36.4 Å². The molecule has 3 aromatic rings. The van der Waals surface area contributed by atoms with E-state index in [0.717, 1.165) is 29.6 Å². The van der Waals surface area contributed by atoms with E-state index in [1.165, 1.54) is 5.69 Å². The minimum atomic E-state index is -0.0476. The Kier molecular flexibility index (Phi) is 5.12. The Morgan fingerprint density at radius 2 is 1.70 bits per heavy atom. The Labute approximate surface area is 159 Å². The lowest BCUT2D eigenvalue weighted by molar-refractivity contribution is 0.0706. The highest BCUT2D eigenvalue weighted by atomic mass is 16.5. The fourth-order valence-electron chi connectivity index (χ4n) is 3.57. The first-order valence-corrected chi connectivity index (χ1v) is 9.45. The molecule has 27 heavy (non-hydrogen) atoms. The van der Waals surface area contributed by atoms with Gasteiger partial charge in [-0.25, -0.2) is 0 Å². The van der Waals surface area contributed by atoms with E-state index in [2.05, 4.69) is 17.0 Å². The van der Waals surface area contributed by atoms with Gasteiger partial charge in [0.15, 0.2) is 5.76 Å². The molecule has 5 heteroatoms. The molecule has 0 unspecified atom stereocenters. The first-order chi connectivity index (χ1) is 13.3. The number of piperazine rings is 1. The monoisotopic (exact) mass is 364 g/mol. The number of hydrogen-bond donors (Lipinski definition) is 0. The first-order valence-electron chi connectivity index (χ1n) is 9.45. The van der Waals surface area contributed by atoms with Gasteiger partial charge < -0.3 is 19.0 Å². The lowest BCUT2D eigenvalue weighted by atomic mass is 10.1. The fourth-order valence-corrected chi connectivity index (χ4v) is 3.57. The Balaban J connectivity index is 1.53. The van der Waals surface area contributed by atoms with E-state index in [1.807, 2.05) is 54.3 Å². The van der Waals surface area contributed by atoms with E-state index in [9.17, 15) is 4.79 Å². The summed E-state index contributed by atoms with van der Waals surface area (Å²) in [6.45, 7) is 5.93. The Morgan fingerprint density at radius 1 is 1.00 bits per heavy atom. The maximum Gasteiger partial charge on any atom is 0.290 e. The van der Waals surface area contributed by atoms with Crippen LogP contribution in [0, 0.1) is 0 Å². The molecule has 0 N–H and O–H groups in total. The van der Waals surface area contributed by atoms with Crippen LogP contribution in [0.25, 0.3) is 11.0 Å². The number of ether oxygens (including phenoxy) is 1. The van der Waals surface area contributed by atoms with E-state index in [1.54, 1.807) is 0 Å². The normalized spacial score (nSPS) is 14.7. The lowest BCUT2D eigenvalue weighted by Gasteiger charge is -2.35. The number of furan rings is 1. The van der Waals surface area contributed by atoms with Gasteiger partial charge in [0.05, 0.1) is 6.61 Å². The molecule has 1 amide bonds. The largest absolute Gasteiger partial charge is 0.451 e. The summed E-state index contributed by atoms with van der Waals surface area (Å²) in [5, 5.41) is 0.956. The van der Waals surface area contributed by atoms with E-state index in [4.69, 9.17) is 9.15 Å². The molecule has 1 aromatic heterocycles. The molecule has 5 nitrogen and oxygen atoms in total. The minimum absolute atomic E-state index is 0.0476. The van der Waals surface area contributed by atoms with Crippen molar-refractivity contribution in [1.29, 1.82) is 0 Å². The molecular weight excluding hydrogens is 340 g/mol. The van der Waals surface area contributed by atoms with Gasteiger partial charge in [0, 0.05) is 49.4 Å². The zero-order chi connectivity index (χ0) is 18.6. The zero-order valence-electron chi connectivity index (χ0n) is 15.6. The topological polar surface area (TPSA) is 45.9 Å². The Morgan fingerprint density at radius 3 is 2.44 bits per heavy atom. The van der Waals surface area contributed by atoms with Crippen molar-refractivity contribution in [1.82, 2.24) is 4.90 Å². The average molecular weight is 364 g/mol. The van der Waals surface area contributed by atoms with Gasteiger partial charge in [-0.2, -0.15) is 0 Å². The zero-order valence-corrected chi connectivity index (χ0v) is 15.6. The second kappa shape index (κ2) is 7.84. The van der Waals surface area contributed by atoms with Crippen molar-refractivity contribution >= 4 is 22.6 Å². The van der Waals surface area contributed by atoms with Crippen LogP contribution in [0.3, 0.4) is 0 Å². The average Bonchev–Trinajstić information content (AvgIpc) is 3.11. The van der Waals surface area contributed by atoms with Crippen LogP contribution in [0.2, 0.25) is 0 Å². The maximum absolute atomic E-state index is 13.2. The number of hydrogen-bond acceptors (Lipinski definition) is 4. The van der Waals surface area contributed by atoms with Gasteiger partial charge in [-0.05, 0) is 25.1 Å². The van der Waals surface area contributed by atoms with Crippen molar-refractivity contribution in [3.05, 3.63) is 65.9 Å². The molecule has 1 aliphatic rings. The van der Waals surface area contributed by atoms with Crippen LogP contribution in [-0.2, 0) is 11.3 Å². The molecule has 0 atom stereocenters. The summed E-state index contributed by atoms with van der Waals surface area (Å²) in [6, 6.07) is 18.1. The van der Waals surface area contributed by atoms with Crippen molar-refractivity contribution in [2.24, 2.45) is 0 Å². The third-order valence-electron chi connectivity index (χ3n) is 5.03. The summed E-state index contributed by atoms with van der Waals surface area (Å²) in [4.78, 5) is 17.3. The summed E-state index contributed by atoms with van der Waals surface area (Å²) in [7, 11) is 0. The van der Waals surface area contributed by atoms with Crippen LogP contribution in [0.1, 0.15) is 23.0 Å². The molecule has 2 heterocycles. The molecule has 0 radical (unpaired) electrons. The van der Waals surface area contributed by atoms with Gasteiger partial charge in [-0.3, -0.25) is 4.79 Å². The minimum Gasteiger partial charge on any atom is -0.451 e. The molecule has 1 fully saturated rings. The molecule has 4 rings (SSSR count). The predicted molar refractivity (Wildman–Crippen MR) is 106 cm³/mol. The number of amides is 1. The molecular formula is C22H24N2O3. The van der Waals surface area contributed by atoms with E-state index in [-0.39, 0.29) is 5.91 Å². The number of nitrogens with zero attached hydrogens (tertiary/aromatic N) is 2. The number of benzene rings is 2. The van der Waals surface area contributed by atoms with E-state index < -0.39 is 0 Å². The van der Waals surface area contributed by atoms with Gasteiger partial charge >= 0.3 is 0 Å². The van der Waals surface area contributed by atoms with Crippen molar-refractivity contribution in [3.8, 4) is 0 Å². The highest BCUT2D eigenvalue weighted by molar-refractivity contribution is 5.99. The van der Waals surface area contributed by atoms with Crippen LogP contribution < -0.4 is 4.90 Å². The Bertz CT molecular complexity index is 912. The molecule has 0 spiro atoms. The summed E-state index contributed by atoms with van der Waals surface area (Å²) in [6.07, 6.45) is 0. The van der Waals surface area contributed by atoms with Gasteiger partial charge in [0.25, 0.3) is 5.91 Å². The molecule has 2 aromatic carbocycles. The molecule has 140 valence electrons. The third kappa shape index (κ3) is 3.55. The number of carbonyl (C=O) groups is 1. The smallest absolute Gasteiger partial charge is 0.290 e. The molecule has 0 bridgehead atoms. The van der Waals surface area contributed by atoms with Crippen LogP contribution >= 0.6 is 0 Å². The van der Waals surface area contributed by atoms with Crippen LogP contribution in [0.5, 0.6) is 0 Å². The van der Waals surface area contributed by atoms with Gasteiger partial charge in [-0.15, -0.1) is 0 Å². The van der Waals surface area contributed by atoms with E-state index in [0.29, 0.717) is 32.1 Å². The maximum atomic E-state index is 13.2. The molecule has 1 saturated heterocycles. The highest BCUT2D eigenvalue weighted by Gasteiger charge is 2.28. The second-order valence-corrected chi connectivity index (χ2v) is 6.66. The summed E-state index contributed by atoms with van der Waals surface area (Å²) >= 11 is 0. The number of rotatable bonds is 5. The number of carbonyl (C=O) groups excluding carboxylic acids is 1. The van der Waals surface area contributed by atoms with Crippen molar-refractivity contribution < 1.29 is 13.9 Å². The van der Waals surface area contributed by atoms with Crippen molar-refractivity contribution in [3.63, 3.8) is 0 Å². The van der Waals surface area contributed by atoms with Crippen LogP contribution in [-0.4, -0.2) is 43.6 Å². The third-order valence-corrected chi connectivity index (χ3v) is 5.03. The molecule has 1 aliphatic heterocycles. The highest BCUT2D eigenvalue weighted by Crippen LogP contribution is 2.28. The Hall–Kier alpha value is -2.79. The standard InChI is InChI=1S/C22H24N2O3/c1-2-26-16-19-18-10-6-7-11-20(18)27-21(19)22(25)24-14-12-23(13-15-24)17-8-4-3-5-9-17/h3-11H,2,12-16H2,1H3. The summed E-state index contributed by atoms with van der Waals surface area (Å²) < 4.78 is 11.5. The predicted octanol–water partition coefficient (Wildman–Crippen LogP) is 3.93. The number of anilines is 1. The van der Waals surface area contributed by atoms with Crippen molar-refractivity contribution in [2.75, 3.05) is 37.7 Å². The number of fused-ring (bicyclic) bond motifs is 1. The fraction of sp³-hybridized carbons (Fsp3) is 0.318. The lowest BCUT2D eigenvalue weighted by Crippen LogP contribution is -2.48. The quantitative estimate of drug-likeness (QED) is 0.688. The van der Waals surface area contributed by atoms with Gasteiger partial charge in [0.1, 0.15) is 5.58 Å². The van der Waals surface area contributed by atoms with Crippen LogP contribution in [0.15, 0.2) is 59.0 Å². The van der Waals surface area contributed by atoms with Crippen molar-refractivity contribution in [2.45, 2.75) is 13.5 Å². The second-order valence-electron chi connectivity index (χ2n) is 6.66. The molecule has 0 aliphatic carbocycles.